The number of rotatable bonds is 5. The summed E-state index contributed by atoms with van der Waals surface area (Å²) in [6, 6.07) is 11.2. The van der Waals surface area contributed by atoms with Gasteiger partial charge in [0.1, 0.15) is 11.8 Å². The fourth-order valence-electron chi connectivity index (χ4n) is 3.82. The van der Waals surface area contributed by atoms with E-state index in [2.05, 4.69) is 25.7 Å². The van der Waals surface area contributed by atoms with Crippen molar-refractivity contribution in [2.24, 2.45) is 7.05 Å². The molecule has 1 amide bonds. The Labute approximate surface area is 163 Å². The summed E-state index contributed by atoms with van der Waals surface area (Å²) in [5, 5.41) is 15.1. The molecule has 2 unspecified atom stereocenters. The van der Waals surface area contributed by atoms with Crippen molar-refractivity contribution in [3.63, 3.8) is 0 Å². The van der Waals surface area contributed by atoms with Gasteiger partial charge in [-0.05, 0) is 31.9 Å². The number of benzene rings is 1. The summed E-state index contributed by atoms with van der Waals surface area (Å²) in [4.78, 5) is 15.4. The monoisotopic (exact) mass is 380 g/mol. The van der Waals surface area contributed by atoms with Gasteiger partial charge in [-0.3, -0.25) is 14.4 Å². The third-order valence-corrected chi connectivity index (χ3v) is 5.10. The Bertz CT molecular complexity index is 935. The van der Waals surface area contributed by atoms with Crippen LogP contribution in [0.25, 0.3) is 0 Å². The van der Waals surface area contributed by atoms with Crippen molar-refractivity contribution in [1.29, 1.82) is 0 Å². The van der Waals surface area contributed by atoms with Crippen molar-refractivity contribution in [2.75, 3.05) is 18.4 Å². The van der Waals surface area contributed by atoms with Crippen LogP contribution in [0.15, 0.2) is 47.1 Å². The fraction of sp³-hybridized carbons (Fsp3) is 0.400. The molecule has 0 aliphatic carbocycles. The SMILES string of the molecule is Cc1cc(NC(=O)C(c2ccccc2)N2CCCC(c3cn(C)nn3)C2)no1. The predicted octanol–water partition coefficient (Wildman–Crippen LogP) is 2.67. The third-order valence-electron chi connectivity index (χ3n) is 5.10. The van der Waals surface area contributed by atoms with Crippen LogP contribution in [0.1, 0.15) is 41.8 Å². The molecule has 1 aliphatic heterocycles. The molecule has 2 aromatic heterocycles. The predicted molar refractivity (Wildman–Crippen MR) is 104 cm³/mol. The number of hydrogen-bond donors (Lipinski definition) is 1. The Morgan fingerprint density at radius 2 is 2.14 bits per heavy atom. The largest absolute Gasteiger partial charge is 0.360 e. The number of carbonyl (C=O) groups excluding carboxylic acids is 1. The van der Waals surface area contributed by atoms with Crippen molar-refractivity contribution in [1.82, 2.24) is 25.1 Å². The van der Waals surface area contributed by atoms with Gasteiger partial charge >= 0.3 is 0 Å². The zero-order valence-electron chi connectivity index (χ0n) is 16.1. The van der Waals surface area contributed by atoms with E-state index >= 15 is 0 Å². The summed E-state index contributed by atoms with van der Waals surface area (Å²) < 4.78 is 6.80. The van der Waals surface area contributed by atoms with E-state index in [0.29, 0.717) is 11.6 Å². The highest BCUT2D eigenvalue weighted by molar-refractivity contribution is 5.94. The zero-order valence-corrected chi connectivity index (χ0v) is 16.1. The number of piperidine rings is 1. The van der Waals surface area contributed by atoms with Gasteiger partial charge in [0.25, 0.3) is 0 Å². The first-order valence-corrected chi connectivity index (χ1v) is 9.49. The average molecular weight is 380 g/mol. The highest BCUT2D eigenvalue weighted by atomic mass is 16.5. The quantitative estimate of drug-likeness (QED) is 0.732. The number of amides is 1. The number of anilines is 1. The number of nitrogens with zero attached hydrogens (tertiary/aromatic N) is 5. The van der Waals surface area contributed by atoms with Crippen LogP contribution < -0.4 is 5.32 Å². The smallest absolute Gasteiger partial charge is 0.247 e. The van der Waals surface area contributed by atoms with Crippen LogP contribution in [0, 0.1) is 6.92 Å². The molecule has 1 aliphatic rings. The number of hydrogen-bond acceptors (Lipinski definition) is 6. The minimum absolute atomic E-state index is 0.112. The Hall–Kier alpha value is -3.00. The topological polar surface area (TPSA) is 89.1 Å². The molecule has 0 spiro atoms. The lowest BCUT2D eigenvalue weighted by Gasteiger charge is -2.37. The number of aryl methyl sites for hydroxylation is 2. The van der Waals surface area contributed by atoms with Gasteiger partial charge in [0.15, 0.2) is 5.82 Å². The van der Waals surface area contributed by atoms with Crippen LogP contribution in [0.5, 0.6) is 0 Å². The van der Waals surface area contributed by atoms with E-state index in [0.717, 1.165) is 37.2 Å². The molecule has 1 N–H and O–H groups in total. The third kappa shape index (κ3) is 3.96. The zero-order chi connectivity index (χ0) is 19.5. The number of nitrogens with one attached hydrogen (secondary N) is 1. The van der Waals surface area contributed by atoms with Gasteiger partial charge < -0.3 is 9.84 Å². The number of carbonyl (C=O) groups is 1. The highest BCUT2D eigenvalue weighted by Crippen LogP contribution is 2.32. The Kier molecular flexibility index (Phi) is 5.21. The second-order valence-corrected chi connectivity index (χ2v) is 7.28. The van der Waals surface area contributed by atoms with Crippen molar-refractivity contribution in [2.45, 2.75) is 31.7 Å². The van der Waals surface area contributed by atoms with Crippen LogP contribution in [0.4, 0.5) is 5.82 Å². The van der Waals surface area contributed by atoms with Crippen molar-refractivity contribution in [3.8, 4) is 0 Å². The maximum Gasteiger partial charge on any atom is 0.247 e. The van der Waals surface area contributed by atoms with E-state index < -0.39 is 6.04 Å². The molecule has 0 bridgehead atoms. The molecule has 146 valence electrons. The second-order valence-electron chi connectivity index (χ2n) is 7.28. The maximum absolute atomic E-state index is 13.2. The maximum atomic E-state index is 13.2. The van der Waals surface area contributed by atoms with E-state index in [1.807, 2.05) is 43.6 Å². The van der Waals surface area contributed by atoms with E-state index in [1.165, 1.54) is 0 Å². The molecule has 1 saturated heterocycles. The summed E-state index contributed by atoms with van der Waals surface area (Å²) >= 11 is 0. The first-order chi connectivity index (χ1) is 13.6. The summed E-state index contributed by atoms with van der Waals surface area (Å²) in [6.45, 7) is 3.40. The van der Waals surface area contributed by atoms with Crippen LogP contribution in [-0.2, 0) is 11.8 Å². The highest BCUT2D eigenvalue weighted by Gasteiger charge is 2.33. The first-order valence-electron chi connectivity index (χ1n) is 9.49. The van der Waals surface area contributed by atoms with E-state index in [4.69, 9.17) is 4.52 Å². The van der Waals surface area contributed by atoms with Gasteiger partial charge in [-0.2, -0.15) is 0 Å². The minimum Gasteiger partial charge on any atom is -0.360 e. The van der Waals surface area contributed by atoms with E-state index in [9.17, 15) is 4.79 Å². The molecule has 0 saturated carbocycles. The Balaban J connectivity index is 1.58. The van der Waals surface area contributed by atoms with Crippen LogP contribution >= 0.6 is 0 Å². The second kappa shape index (κ2) is 7.93. The molecule has 8 nitrogen and oxygen atoms in total. The van der Waals surface area contributed by atoms with Gasteiger partial charge in [-0.1, -0.05) is 40.7 Å². The van der Waals surface area contributed by atoms with Gasteiger partial charge in [0, 0.05) is 31.8 Å². The van der Waals surface area contributed by atoms with E-state index in [-0.39, 0.29) is 11.8 Å². The van der Waals surface area contributed by atoms with Crippen LogP contribution in [0.2, 0.25) is 0 Å². The van der Waals surface area contributed by atoms with Gasteiger partial charge in [-0.25, -0.2) is 0 Å². The van der Waals surface area contributed by atoms with Crippen LogP contribution in [0.3, 0.4) is 0 Å². The molecular formula is C20H24N6O2. The first kappa shape index (κ1) is 18.4. The average Bonchev–Trinajstić information content (AvgIpc) is 3.31. The molecular weight excluding hydrogens is 356 g/mol. The summed E-state index contributed by atoms with van der Waals surface area (Å²) in [5.74, 6) is 1.24. The van der Waals surface area contributed by atoms with Crippen molar-refractivity contribution in [3.05, 3.63) is 59.6 Å². The minimum atomic E-state index is -0.405. The van der Waals surface area contributed by atoms with Gasteiger partial charge in [-0.15, -0.1) is 5.10 Å². The molecule has 3 aromatic rings. The Morgan fingerprint density at radius 1 is 1.32 bits per heavy atom. The number of likely N-dealkylation sites (tertiary alicyclic amines) is 1. The number of aromatic nitrogens is 4. The lowest BCUT2D eigenvalue weighted by Crippen LogP contribution is -2.42. The lowest BCUT2D eigenvalue weighted by atomic mass is 9.92. The summed E-state index contributed by atoms with van der Waals surface area (Å²) in [7, 11) is 1.87. The molecule has 28 heavy (non-hydrogen) atoms. The van der Waals surface area contributed by atoms with Crippen molar-refractivity contribution < 1.29 is 9.32 Å². The molecule has 2 atom stereocenters. The summed E-state index contributed by atoms with van der Waals surface area (Å²) in [5.41, 5.74) is 1.94. The van der Waals surface area contributed by atoms with Gasteiger partial charge in [0.2, 0.25) is 5.91 Å². The molecule has 4 rings (SSSR count). The Morgan fingerprint density at radius 3 is 2.82 bits per heavy atom. The molecule has 1 fully saturated rings. The molecule has 1 aromatic carbocycles. The standard InChI is InChI=1S/C20H24N6O2/c1-14-11-18(23-28-14)21-20(27)19(15-7-4-3-5-8-15)26-10-6-9-16(12-26)17-13-25(2)24-22-17/h3-5,7-8,11,13,16,19H,6,9-10,12H2,1-2H3,(H,21,23,27). The van der Waals surface area contributed by atoms with Crippen molar-refractivity contribution >= 4 is 11.7 Å². The van der Waals surface area contributed by atoms with Crippen LogP contribution in [-0.4, -0.2) is 44.0 Å². The fourth-order valence-corrected chi connectivity index (χ4v) is 3.82. The van der Waals surface area contributed by atoms with Gasteiger partial charge in [0.05, 0.1) is 5.69 Å². The lowest BCUT2D eigenvalue weighted by molar-refractivity contribution is -0.122. The normalized spacial score (nSPS) is 18.7. The van der Waals surface area contributed by atoms with E-state index in [1.54, 1.807) is 17.7 Å². The molecule has 0 radical (unpaired) electrons. The molecule has 8 heteroatoms. The molecule has 3 heterocycles. The summed E-state index contributed by atoms with van der Waals surface area (Å²) in [6.07, 6.45) is 4.01.